The molecule has 0 aliphatic rings. The average molecular weight is 289 g/mol. The van der Waals surface area contributed by atoms with Gasteiger partial charge < -0.3 is 14.3 Å². The van der Waals surface area contributed by atoms with Gasteiger partial charge >= 0.3 is 0 Å². The van der Waals surface area contributed by atoms with Gasteiger partial charge in [-0.3, -0.25) is 4.68 Å². The predicted molar refractivity (Wildman–Crippen MR) is 78.4 cm³/mol. The molecule has 0 saturated heterocycles. The van der Waals surface area contributed by atoms with Crippen molar-refractivity contribution >= 4 is 23.3 Å². The molecule has 0 aliphatic heterocycles. The van der Waals surface area contributed by atoms with Crippen LogP contribution in [0.4, 0.5) is 0 Å². The van der Waals surface area contributed by atoms with Crippen LogP contribution in [0.3, 0.4) is 0 Å². The molecule has 0 aliphatic carbocycles. The van der Waals surface area contributed by atoms with Crippen LogP contribution in [0, 0.1) is 4.77 Å². The van der Waals surface area contributed by atoms with E-state index in [1.807, 2.05) is 29.8 Å². The molecule has 1 N–H and O–H groups in total. The van der Waals surface area contributed by atoms with Gasteiger partial charge in [-0.1, -0.05) is 6.07 Å². The normalized spacial score (nSPS) is 11.1. The molecule has 3 aromatic rings. The highest BCUT2D eigenvalue weighted by molar-refractivity contribution is 7.71. The summed E-state index contributed by atoms with van der Waals surface area (Å²) in [5.41, 5.74) is 1.96. The third-order valence-electron chi connectivity index (χ3n) is 3.20. The molecule has 2 aromatic heterocycles. The molecule has 104 valence electrons. The lowest BCUT2D eigenvalue weighted by Crippen LogP contribution is -2.03. The fourth-order valence-corrected chi connectivity index (χ4v) is 2.55. The Labute approximate surface area is 121 Å². The van der Waals surface area contributed by atoms with Crippen molar-refractivity contribution < 1.29 is 4.74 Å². The maximum Gasteiger partial charge on any atom is 0.178 e. The van der Waals surface area contributed by atoms with Crippen LogP contribution < -0.4 is 4.74 Å². The number of H-pyrrole nitrogens is 1. The number of hydrogen-bond donors (Lipinski definition) is 1. The molecule has 0 saturated carbocycles. The highest BCUT2D eigenvalue weighted by Gasteiger charge is 2.09. The van der Waals surface area contributed by atoms with E-state index >= 15 is 0 Å². The first-order chi connectivity index (χ1) is 9.69. The summed E-state index contributed by atoms with van der Waals surface area (Å²) in [6.07, 6.45) is 2.44. The maximum absolute atomic E-state index is 5.39. The van der Waals surface area contributed by atoms with E-state index in [4.69, 9.17) is 17.0 Å². The molecule has 7 heteroatoms. The number of aromatic nitrogens is 5. The third-order valence-corrected chi connectivity index (χ3v) is 3.52. The zero-order valence-electron chi connectivity index (χ0n) is 11.3. The Hall–Kier alpha value is -2.15. The van der Waals surface area contributed by atoms with E-state index in [1.165, 1.54) is 0 Å². The van der Waals surface area contributed by atoms with Gasteiger partial charge in [0.2, 0.25) is 0 Å². The number of hydrogen-bond acceptors (Lipinski definition) is 4. The number of nitrogens with one attached hydrogen (secondary N) is 1. The number of fused-ring (bicyclic) bond motifs is 1. The second-order valence-electron chi connectivity index (χ2n) is 4.52. The Kier molecular flexibility index (Phi) is 3.27. The van der Waals surface area contributed by atoms with Crippen LogP contribution in [-0.2, 0) is 20.0 Å². The van der Waals surface area contributed by atoms with Crippen molar-refractivity contribution in [2.75, 3.05) is 7.11 Å². The van der Waals surface area contributed by atoms with E-state index in [0.717, 1.165) is 35.6 Å². The number of rotatable bonds is 4. The molecule has 0 amide bonds. The smallest absolute Gasteiger partial charge is 0.178 e. The van der Waals surface area contributed by atoms with Crippen molar-refractivity contribution in [1.82, 2.24) is 24.3 Å². The number of benzene rings is 1. The minimum absolute atomic E-state index is 0.681. The first kappa shape index (κ1) is 12.9. The maximum atomic E-state index is 5.39. The van der Waals surface area contributed by atoms with E-state index < -0.39 is 0 Å². The van der Waals surface area contributed by atoms with Crippen LogP contribution in [-0.4, -0.2) is 31.4 Å². The van der Waals surface area contributed by atoms with Gasteiger partial charge in [0.15, 0.2) is 10.6 Å². The Morgan fingerprint density at radius 2 is 2.25 bits per heavy atom. The summed E-state index contributed by atoms with van der Waals surface area (Å²) in [6, 6.07) is 5.90. The lowest BCUT2D eigenvalue weighted by atomic mass is 10.3. The molecular formula is C13H15N5OS. The predicted octanol–water partition coefficient (Wildman–Crippen LogP) is 2.08. The van der Waals surface area contributed by atoms with Crippen LogP contribution >= 0.6 is 12.2 Å². The first-order valence-corrected chi connectivity index (χ1v) is 6.70. The number of ether oxygens (including phenoxy) is 1. The Balaban J connectivity index is 1.95. The number of imidazole rings is 1. The average Bonchev–Trinajstić information content (AvgIpc) is 2.99. The number of para-hydroxylation sites is 1. The first-order valence-electron chi connectivity index (χ1n) is 6.29. The van der Waals surface area contributed by atoms with Crippen molar-refractivity contribution in [2.24, 2.45) is 7.05 Å². The molecule has 3 rings (SSSR count). The highest BCUT2D eigenvalue weighted by Crippen LogP contribution is 2.24. The van der Waals surface area contributed by atoms with E-state index in [0.29, 0.717) is 4.77 Å². The van der Waals surface area contributed by atoms with Gasteiger partial charge in [-0.2, -0.15) is 5.10 Å². The topological polar surface area (TPSA) is 60.7 Å². The summed E-state index contributed by atoms with van der Waals surface area (Å²) in [7, 11) is 3.51. The van der Waals surface area contributed by atoms with Gasteiger partial charge in [-0.15, -0.1) is 0 Å². The molecule has 0 bridgehead atoms. The zero-order chi connectivity index (χ0) is 14.1. The Bertz CT molecular complexity index is 801. The molecule has 6 nitrogen and oxygen atoms in total. The van der Waals surface area contributed by atoms with Crippen LogP contribution in [0.2, 0.25) is 0 Å². The fourth-order valence-electron chi connectivity index (χ4n) is 2.26. The van der Waals surface area contributed by atoms with Crippen LogP contribution in [0.5, 0.6) is 5.75 Å². The fraction of sp³-hybridized carbons (Fsp3) is 0.308. The van der Waals surface area contributed by atoms with Crippen molar-refractivity contribution in [3.05, 3.63) is 35.1 Å². The SMILES string of the molecule is COc1cccc2c1[nH]c(=S)n2CCc1ncn(C)n1. The van der Waals surface area contributed by atoms with Crippen molar-refractivity contribution in [2.45, 2.75) is 13.0 Å². The number of aryl methyl sites for hydroxylation is 3. The summed E-state index contributed by atoms with van der Waals surface area (Å²) < 4.78 is 9.77. The minimum atomic E-state index is 0.681. The summed E-state index contributed by atoms with van der Waals surface area (Å²) >= 11 is 5.39. The van der Waals surface area contributed by atoms with E-state index in [-0.39, 0.29) is 0 Å². The largest absolute Gasteiger partial charge is 0.494 e. The van der Waals surface area contributed by atoms with Gasteiger partial charge in [-0.05, 0) is 24.4 Å². The number of methoxy groups -OCH3 is 1. The second kappa shape index (κ2) is 5.09. The van der Waals surface area contributed by atoms with Crippen molar-refractivity contribution in [1.29, 1.82) is 0 Å². The highest BCUT2D eigenvalue weighted by atomic mass is 32.1. The molecule has 1 aromatic carbocycles. The summed E-state index contributed by atoms with van der Waals surface area (Å²) in [6.45, 7) is 0.732. The van der Waals surface area contributed by atoms with Gasteiger partial charge in [0.1, 0.15) is 17.6 Å². The van der Waals surface area contributed by atoms with E-state index in [2.05, 4.69) is 15.1 Å². The van der Waals surface area contributed by atoms with Crippen LogP contribution in [0.15, 0.2) is 24.5 Å². The van der Waals surface area contributed by atoms with E-state index in [9.17, 15) is 0 Å². The summed E-state index contributed by atoms with van der Waals surface area (Å²) in [5.74, 6) is 1.61. The zero-order valence-corrected chi connectivity index (χ0v) is 12.1. The molecular weight excluding hydrogens is 274 g/mol. The number of aromatic amines is 1. The Morgan fingerprint density at radius 1 is 1.40 bits per heavy atom. The molecule has 0 fully saturated rings. The molecule has 2 heterocycles. The molecule has 0 atom stereocenters. The van der Waals surface area contributed by atoms with Gasteiger partial charge in [0, 0.05) is 20.0 Å². The van der Waals surface area contributed by atoms with Crippen LogP contribution in [0.25, 0.3) is 11.0 Å². The molecule has 0 spiro atoms. The molecule has 0 radical (unpaired) electrons. The van der Waals surface area contributed by atoms with Gasteiger partial charge in [-0.25, -0.2) is 4.98 Å². The van der Waals surface area contributed by atoms with Gasteiger partial charge in [0.05, 0.1) is 12.6 Å². The molecule has 20 heavy (non-hydrogen) atoms. The monoisotopic (exact) mass is 289 g/mol. The lowest BCUT2D eigenvalue weighted by Gasteiger charge is -2.04. The summed E-state index contributed by atoms with van der Waals surface area (Å²) in [4.78, 5) is 7.42. The van der Waals surface area contributed by atoms with Crippen molar-refractivity contribution in [3.63, 3.8) is 0 Å². The van der Waals surface area contributed by atoms with E-state index in [1.54, 1.807) is 18.1 Å². The number of nitrogens with zero attached hydrogens (tertiary/aromatic N) is 4. The van der Waals surface area contributed by atoms with Crippen molar-refractivity contribution in [3.8, 4) is 5.75 Å². The lowest BCUT2D eigenvalue weighted by molar-refractivity contribution is 0.419. The standard InChI is InChI=1S/C13H15N5OS/c1-17-8-14-11(16-17)6-7-18-9-4-3-5-10(19-2)12(9)15-13(18)20/h3-5,8H,6-7H2,1-2H3,(H,15,20). The van der Waals surface area contributed by atoms with Crippen LogP contribution in [0.1, 0.15) is 5.82 Å². The Morgan fingerprint density at radius 3 is 2.95 bits per heavy atom. The quantitative estimate of drug-likeness (QED) is 0.747. The second-order valence-corrected chi connectivity index (χ2v) is 4.91. The minimum Gasteiger partial charge on any atom is -0.494 e. The molecule has 0 unspecified atom stereocenters. The third kappa shape index (κ3) is 2.20. The van der Waals surface area contributed by atoms with Gasteiger partial charge in [0.25, 0.3) is 0 Å². The summed E-state index contributed by atoms with van der Waals surface area (Å²) in [5, 5.41) is 4.28.